The normalized spacial score (nSPS) is 14.4. The summed E-state index contributed by atoms with van der Waals surface area (Å²) in [5, 5.41) is 3.59. The molecular formula is C16H16ClN3O. The van der Waals surface area contributed by atoms with Crippen molar-refractivity contribution in [2.45, 2.75) is 13.3 Å². The van der Waals surface area contributed by atoms with E-state index in [1.807, 2.05) is 36.4 Å². The van der Waals surface area contributed by atoms with Crippen LogP contribution in [0.3, 0.4) is 0 Å². The summed E-state index contributed by atoms with van der Waals surface area (Å²) in [4.78, 5) is 18.6. The maximum atomic E-state index is 11.7. The zero-order chi connectivity index (χ0) is 14.8. The Hall–Kier alpha value is -2.07. The molecule has 0 bridgehead atoms. The van der Waals surface area contributed by atoms with Crippen LogP contribution in [0.1, 0.15) is 13.3 Å². The van der Waals surface area contributed by atoms with Crippen LogP contribution in [0.2, 0.25) is 5.02 Å². The van der Waals surface area contributed by atoms with Crippen LogP contribution >= 0.6 is 11.6 Å². The van der Waals surface area contributed by atoms with E-state index in [1.54, 1.807) is 0 Å². The molecule has 1 aromatic carbocycles. The third kappa shape index (κ3) is 2.85. The third-order valence-electron chi connectivity index (χ3n) is 3.56. The molecule has 1 aliphatic heterocycles. The first-order valence-corrected chi connectivity index (χ1v) is 7.37. The molecule has 0 radical (unpaired) electrons. The smallest absolute Gasteiger partial charge is 0.226 e. The number of hydrogen-bond donors (Lipinski definition) is 1. The average molecular weight is 302 g/mol. The van der Waals surface area contributed by atoms with Crippen molar-refractivity contribution in [3.8, 4) is 11.3 Å². The molecule has 0 aliphatic carbocycles. The number of amides is 1. The molecule has 4 nitrogen and oxygen atoms in total. The zero-order valence-electron chi connectivity index (χ0n) is 11.8. The molecule has 5 heteroatoms. The van der Waals surface area contributed by atoms with E-state index in [9.17, 15) is 4.79 Å². The first-order valence-electron chi connectivity index (χ1n) is 6.99. The van der Waals surface area contributed by atoms with Gasteiger partial charge in [-0.25, -0.2) is 4.98 Å². The Morgan fingerprint density at radius 3 is 2.95 bits per heavy atom. The standard InChI is InChI=1S/C16H16ClN3O/c1-2-20-9-8-15(21)18-14-7-6-13(19-16(14)20)11-4-3-5-12(17)10-11/h3-7,10H,2,8-9H2,1H3,(H,18,21). The number of fused-ring (bicyclic) bond motifs is 1. The summed E-state index contributed by atoms with van der Waals surface area (Å²) in [7, 11) is 0. The van der Waals surface area contributed by atoms with E-state index in [-0.39, 0.29) is 5.91 Å². The van der Waals surface area contributed by atoms with Crippen molar-refractivity contribution in [3.05, 3.63) is 41.4 Å². The molecule has 1 N–H and O–H groups in total. The fourth-order valence-electron chi connectivity index (χ4n) is 2.46. The van der Waals surface area contributed by atoms with Crippen LogP contribution in [-0.2, 0) is 4.79 Å². The van der Waals surface area contributed by atoms with Crippen LogP contribution in [-0.4, -0.2) is 24.0 Å². The number of hydrogen-bond acceptors (Lipinski definition) is 3. The lowest BCUT2D eigenvalue weighted by molar-refractivity contribution is -0.115. The summed E-state index contributed by atoms with van der Waals surface area (Å²) in [5.41, 5.74) is 2.59. The fraction of sp³-hybridized carbons (Fsp3) is 0.250. The average Bonchev–Trinajstić information content (AvgIpc) is 2.64. The number of benzene rings is 1. The highest BCUT2D eigenvalue weighted by Gasteiger charge is 2.20. The van der Waals surface area contributed by atoms with Gasteiger partial charge in [-0.2, -0.15) is 0 Å². The molecule has 2 aromatic rings. The largest absolute Gasteiger partial charge is 0.355 e. The molecular weight excluding hydrogens is 286 g/mol. The van der Waals surface area contributed by atoms with Crippen LogP contribution in [0.5, 0.6) is 0 Å². The van der Waals surface area contributed by atoms with Crippen molar-refractivity contribution in [2.24, 2.45) is 0 Å². The van der Waals surface area contributed by atoms with Gasteiger partial charge in [-0.05, 0) is 31.2 Å². The van der Waals surface area contributed by atoms with Crippen molar-refractivity contribution in [3.63, 3.8) is 0 Å². The number of pyridine rings is 1. The van der Waals surface area contributed by atoms with Gasteiger partial charge in [0.1, 0.15) is 0 Å². The number of aromatic nitrogens is 1. The lowest BCUT2D eigenvalue weighted by Gasteiger charge is -2.21. The van der Waals surface area contributed by atoms with Crippen LogP contribution < -0.4 is 10.2 Å². The lowest BCUT2D eigenvalue weighted by atomic mass is 10.1. The Morgan fingerprint density at radius 2 is 2.19 bits per heavy atom. The predicted molar refractivity (Wildman–Crippen MR) is 85.8 cm³/mol. The third-order valence-corrected chi connectivity index (χ3v) is 3.79. The summed E-state index contributed by atoms with van der Waals surface area (Å²) in [6.07, 6.45) is 0.483. The van der Waals surface area contributed by atoms with Crippen LogP contribution in [0, 0.1) is 0 Å². The summed E-state index contributed by atoms with van der Waals surface area (Å²) in [6, 6.07) is 11.4. The Morgan fingerprint density at radius 1 is 1.33 bits per heavy atom. The molecule has 3 rings (SSSR count). The van der Waals surface area contributed by atoms with Gasteiger partial charge in [-0.3, -0.25) is 4.79 Å². The summed E-state index contributed by atoms with van der Waals surface area (Å²) >= 11 is 6.04. The van der Waals surface area contributed by atoms with Crippen LogP contribution in [0.25, 0.3) is 11.3 Å². The van der Waals surface area contributed by atoms with Crippen LogP contribution in [0.4, 0.5) is 11.5 Å². The van der Waals surface area contributed by atoms with Crippen molar-refractivity contribution in [1.29, 1.82) is 0 Å². The van der Waals surface area contributed by atoms with Crippen molar-refractivity contribution in [1.82, 2.24) is 4.98 Å². The first kappa shape index (κ1) is 13.9. The Kier molecular flexibility index (Phi) is 3.80. The molecule has 108 valence electrons. The van der Waals surface area contributed by atoms with Crippen molar-refractivity contribution >= 4 is 29.0 Å². The highest BCUT2D eigenvalue weighted by molar-refractivity contribution is 6.30. The van der Waals surface area contributed by atoms with Gasteiger partial charge < -0.3 is 10.2 Å². The quantitative estimate of drug-likeness (QED) is 0.922. The minimum Gasteiger partial charge on any atom is -0.355 e. The number of nitrogens with zero attached hydrogens (tertiary/aromatic N) is 2. The highest BCUT2D eigenvalue weighted by atomic mass is 35.5. The number of carbonyl (C=O) groups excluding carboxylic acids is 1. The molecule has 0 spiro atoms. The summed E-state index contributed by atoms with van der Waals surface area (Å²) in [6.45, 7) is 3.56. The second kappa shape index (κ2) is 5.74. The zero-order valence-corrected chi connectivity index (χ0v) is 12.5. The van der Waals surface area contributed by atoms with E-state index in [2.05, 4.69) is 17.1 Å². The minimum atomic E-state index is 0.0319. The summed E-state index contributed by atoms with van der Waals surface area (Å²) in [5.74, 6) is 0.852. The van der Waals surface area contributed by atoms with E-state index in [4.69, 9.17) is 16.6 Å². The number of anilines is 2. The monoisotopic (exact) mass is 301 g/mol. The summed E-state index contributed by atoms with van der Waals surface area (Å²) < 4.78 is 0. The number of nitrogens with one attached hydrogen (secondary N) is 1. The van der Waals surface area contributed by atoms with Gasteiger partial charge in [0.05, 0.1) is 11.4 Å². The van der Waals surface area contributed by atoms with Gasteiger partial charge in [-0.1, -0.05) is 23.7 Å². The molecule has 1 aliphatic rings. The Labute approximate surface area is 128 Å². The SMILES string of the molecule is CCN1CCC(=O)Nc2ccc(-c3cccc(Cl)c3)nc21. The van der Waals surface area contributed by atoms with Gasteiger partial charge in [0, 0.05) is 30.1 Å². The highest BCUT2D eigenvalue weighted by Crippen LogP contribution is 2.30. The van der Waals surface area contributed by atoms with E-state index in [0.29, 0.717) is 18.0 Å². The molecule has 0 atom stereocenters. The fourth-order valence-corrected chi connectivity index (χ4v) is 2.65. The van der Waals surface area contributed by atoms with Crippen LogP contribution in [0.15, 0.2) is 36.4 Å². The molecule has 2 heterocycles. The first-order chi connectivity index (χ1) is 10.2. The van der Waals surface area contributed by atoms with E-state index < -0.39 is 0 Å². The topological polar surface area (TPSA) is 45.2 Å². The van der Waals surface area contributed by atoms with Crippen molar-refractivity contribution < 1.29 is 4.79 Å². The van der Waals surface area contributed by atoms with Gasteiger partial charge in [0.15, 0.2) is 5.82 Å². The van der Waals surface area contributed by atoms with Gasteiger partial charge >= 0.3 is 0 Å². The molecule has 21 heavy (non-hydrogen) atoms. The second-order valence-electron chi connectivity index (χ2n) is 4.96. The van der Waals surface area contributed by atoms with Gasteiger partial charge in [0.2, 0.25) is 5.91 Å². The Bertz CT molecular complexity index is 687. The molecule has 0 fully saturated rings. The molecule has 0 unspecified atom stereocenters. The maximum Gasteiger partial charge on any atom is 0.226 e. The Balaban J connectivity index is 2.07. The lowest BCUT2D eigenvalue weighted by Crippen LogP contribution is -2.24. The van der Waals surface area contributed by atoms with Gasteiger partial charge in [0.25, 0.3) is 0 Å². The van der Waals surface area contributed by atoms with E-state index >= 15 is 0 Å². The minimum absolute atomic E-state index is 0.0319. The second-order valence-corrected chi connectivity index (χ2v) is 5.39. The molecule has 0 saturated heterocycles. The predicted octanol–water partition coefficient (Wildman–Crippen LogP) is 3.57. The van der Waals surface area contributed by atoms with Gasteiger partial charge in [-0.15, -0.1) is 0 Å². The number of halogens is 1. The molecule has 1 aromatic heterocycles. The van der Waals surface area contributed by atoms with E-state index in [0.717, 1.165) is 29.3 Å². The number of carbonyl (C=O) groups is 1. The van der Waals surface area contributed by atoms with Crippen molar-refractivity contribution in [2.75, 3.05) is 23.3 Å². The number of rotatable bonds is 2. The van der Waals surface area contributed by atoms with E-state index in [1.165, 1.54) is 0 Å². The molecule has 1 amide bonds. The maximum absolute atomic E-state index is 11.7. The molecule has 0 saturated carbocycles.